The molecule has 2 aliphatic heterocycles. The third-order valence-electron chi connectivity index (χ3n) is 4.99. The van der Waals surface area contributed by atoms with Crippen LogP contribution in [0.1, 0.15) is 16.7 Å². The summed E-state index contributed by atoms with van der Waals surface area (Å²) in [6.45, 7) is 0.718. The standard InChI is InChI=1S/C21H16ClIN2O4S/c22-15-7-14(19(27)16(23)9-15)8-17-20(28)25(21(29)30-17)11-18(26)24-6-5-12-3-1-2-4-13(12)10-24/h1-4,7-9,27H,5-6,10-11H2/b17-8-. The van der Waals surface area contributed by atoms with Crippen molar-refractivity contribution in [2.24, 2.45) is 0 Å². The Morgan fingerprint density at radius 1 is 1.23 bits per heavy atom. The topological polar surface area (TPSA) is 77.9 Å². The molecule has 3 amide bonds. The maximum Gasteiger partial charge on any atom is 0.294 e. The third-order valence-corrected chi connectivity index (χ3v) is 6.94. The first kappa shape index (κ1) is 21.2. The molecule has 0 unspecified atom stereocenters. The van der Waals surface area contributed by atoms with Gasteiger partial charge in [-0.2, -0.15) is 0 Å². The fourth-order valence-corrected chi connectivity index (χ4v) is 5.30. The number of carbonyl (C=O) groups excluding carboxylic acids is 3. The average molecular weight is 555 g/mol. The Bertz CT molecular complexity index is 1100. The van der Waals surface area contributed by atoms with Gasteiger partial charge in [-0.3, -0.25) is 19.3 Å². The number of fused-ring (bicyclic) bond motifs is 1. The van der Waals surface area contributed by atoms with Crippen molar-refractivity contribution in [1.29, 1.82) is 0 Å². The number of phenolic OH excluding ortho intramolecular Hbond substituents is 1. The van der Waals surface area contributed by atoms with Crippen molar-refractivity contribution in [3.8, 4) is 5.75 Å². The van der Waals surface area contributed by atoms with E-state index in [0.29, 0.717) is 27.2 Å². The highest BCUT2D eigenvalue weighted by Crippen LogP contribution is 2.36. The number of carbonyl (C=O) groups is 3. The number of amides is 3. The Morgan fingerprint density at radius 2 is 1.97 bits per heavy atom. The molecule has 0 aliphatic carbocycles. The minimum absolute atomic E-state index is 0.0187. The minimum Gasteiger partial charge on any atom is -0.506 e. The molecule has 0 bridgehead atoms. The number of hydrogen-bond acceptors (Lipinski definition) is 5. The second-order valence-corrected chi connectivity index (χ2v) is 9.52. The molecule has 0 aromatic heterocycles. The first-order valence-electron chi connectivity index (χ1n) is 9.11. The van der Waals surface area contributed by atoms with Crippen molar-refractivity contribution in [2.75, 3.05) is 13.1 Å². The lowest BCUT2D eigenvalue weighted by Crippen LogP contribution is -2.44. The van der Waals surface area contributed by atoms with E-state index < -0.39 is 11.1 Å². The summed E-state index contributed by atoms with van der Waals surface area (Å²) < 4.78 is 0.533. The van der Waals surface area contributed by atoms with E-state index in [-0.39, 0.29) is 23.1 Å². The van der Waals surface area contributed by atoms with Crippen molar-refractivity contribution in [3.63, 3.8) is 0 Å². The maximum atomic E-state index is 12.8. The van der Waals surface area contributed by atoms with Gasteiger partial charge in [-0.25, -0.2) is 0 Å². The SMILES string of the molecule is O=C(CN1C(=O)S/C(=C\c2cc(Cl)cc(I)c2O)C1=O)N1CCc2ccccc2C1. The van der Waals surface area contributed by atoms with Crippen LogP contribution in [0.25, 0.3) is 6.08 Å². The Labute approximate surface area is 196 Å². The quantitative estimate of drug-likeness (QED) is 0.453. The average Bonchev–Trinajstić information content (AvgIpc) is 2.98. The molecule has 2 aromatic rings. The molecule has 1 fully saturated rings. The highest BCUT2D eigenvalue weighted by atomic mass is 127. The number of hydrogen-bond donors (Lipinski definition) is 1. The van der Waals surface area contributed by atoms with E-state index in [4.69, 9.17) is 11.6 Å². The summed E-state index contributed by atoms with van der Waals surface area (Å²) in [5.41, 5.74) is 2.64. The van der Waals surface area contributed by atoms with Crippen LogP contribution in [0.15, 0.2) is 41.3 Å². The van der Waals surface area contributed by atoms with Crippen LogP contribution in [0, 0.1) is 3.57 Å². The van der Waals surface area contributed by atoms with Crippen molar-refractivity contribution in [2.45, 2.75) is 13.0 Å². The molecule has 0 spiro atoms. The maximum absolute atomic E-state index is 12.8. The van der Waals surface area contributed by atoms with Gasteiger partial charge in [0, 0.05) is 23.7 Å². The predicted molar refractivity (Wildman–Crippen MR) is 124 cm³/mol. The highest BCUT2D eigenvalue weighted by molar-refractivity contribution is 14.1. The molecule has 154 valence electrons. The number of aromatic hydroxyl groups is 1. The zero-order chi connectivity index (χ0) is 21.4. The van der Waals surface area contributed by atoms with Crippen LogP contribution >= 0.6 is 46.0 Å². The van der Waals surface area contributed by atoms with Gasteiger partial charge < -0.3 is 10.0 Å². The number of nitrogens with zero attached hydrogens (tertiary/aromatic N) is 2. The number of halogens is 2. The van der Waals surface area contributed by atoms with E-state index in [1.165, 1.54) is 17.7 Å². The molecule has 2 aromatic carbocycles. The zero-order valence-electron chi connectivity index (χ0n) is 15.6. The molecule has 6 nitrogen and oxygen atoms in total. The summed E-state index contributed by atoms with van der Waals surface area (Å²) in [6.07, 6.45) is 2.17. The molecular formula is C21H16ClIN2O4S. The normalized spacial score (nSPS) is 17.6. The summed E-state index contributed by atoms with van der Waals surface area (Å²) in [4.78, 5) is 40.7. The van der Waals surface area contributed by atoms with E-state index in [2.05, 4.69) is 0 Å². The fraction of sp³-hybridized carbons (Fsp3) is 0.190. The van der Waals surface area contributed by atoms with Crippen LogP contribution in [0.5, 0.6) is 5.75 Å². The Hall–Kier alpha value is -2.04. The van der Waals surface area contributed by atoms with Crippen molar-refractivity contribution >= 4 is 69.1 Å². The molecule has 0 radical (unpaired) electrons. The van der Waals surface area contributed by atoms with Gasteiger partial charge in [0.1, 0.15) is 12.3 Å². The highest BCUT2D eigenvalue weighted by Gasteiger charge is 2.37. The first-order chi connectivity index (χ1) is 14.3. The Morgan fingerprint density at radius 3 is 2.73 bits per heavy atom. The fourth-order valence-electron chi connectivity index (χ4n) is 3.42. The second-order valence-electron chi connectivity index (χ2n) is 6.93. The lowest BCUT2D eigenvalue weighted by molar-refractivity contribution is -0.136. The minimum atomic E-state index is -0.551. The van der Waals surface area contributed by atoms with Crippen LogP contribution < -0.4 is 0 Å². The number of rotatable bonds is 3. The molecule has 1 saturated heterocycles. The van der Waals surface area contributed by atoms with Crippen molar-refractivity contribution in [3.05, 3.63) is 66.6 Å². The summed E-state index contributed by atoms with van der Waals surface area (Å²) in [5, 5.41) is 10.1. The van der Waals surface area contributed by atoms with E-state index >= 15 is 0 Å². The third kappa shape index (κ3) is 4.21. The van der Waals surface area contributed by atoms with E-state index in [1.807, 2.05) is 46.9 Å². The summed E-state index contributed by atoms with van der Waals surface area (Å²) >= 11 is 8.71. The van der Waals surface area contributed by atoms with Crippen LogP contribution in [-0.2, 0) is 22.6 Å². The number of imide groups is 1. The molecule has 2 heterocycles. The van der Waals surface area contributed by atoms with Crippen molar-refractivity contribution in [1.82, 2.24) is 9.80 Å². The van der Waals surface area contributed by atoms with Crippen LogP contribution in [-0.4, -0.2) is 45.0 Å². The van der Waals surface area contributed by atoms with Crippen LogP contribution in [0.3, 0.4) is 0 Å². The smallest absolute Gasteiger partial charge is 0.294 e. The first-order valence-corrected chi connectivity index (χ1v) is 11.4. The summed E-state index contributed by atoms with van der Waals surface area (Å²) in [5.74, 6) is -0.840. The van der Waals surface area contributed by atoms with E-state index in [1.54, 1.807) is 11.0 Å². The van der Waals surface area contributed by atoms with Gasteiger partial charge in [0.05, 0.1) is 8.48 Å². The second kappa shape index (κ2) is 8.60. The van der Waals surface area contributed by atoms with Crippen LogP contribution in [0.4, 0.5) is 4.79 Å². The molecular weight excluding hydrogens is 539 g/mol. The lowest BCUT2D eigenvalue weighted by atomic mass is 10.00. The molecule has 30 heavy (non-hydrogen) atoms. The Balaban J connectivity index is 1.49. The van der Waals surface area contributed by atoms with E-state index in [9.17, 15) is 19.5 Å². The van der Waals surface area contributed by atoms with E-state index in [0.717, 1.165) is 28.6 Å². The number of phenols is 1. The van der Waals surface area contributed by atoms with Gasteiger partial charge in [0.2, 0.25) is 5.91 Å². The summed E-state index contributed by atoms with van der Waals surface area (Å²) in [6, 6.07) is 11.0. The molecule has 0 atom stereocenters. The van der Waals surface area contributed by atoms with Gasteiger partial charge in [0.15, 0.2) is 0 Å². The molecule has 9 heteroatoms. The van der Waals surface area contributed by atoms with Gasteiger partial charge in [-0.15, -0.1) is 0 Å². The summed E-state index contributed by atoms with van der Waals surface area (Å²) in [7, 11) is 0. The predicted octanol–water partition coefficient (Wildman–Crippen LogP) is 4.27. The molecule has 0 saturated carbocycles. The Kier molecular flexibility index (Phi) is 6.08. The number of benzene rings is 2. The zero-order valence-corrected chi connectivity index (χ0v) is 19.3. The van der Waals surface area contributed by atoms with Crippen molar-refractivity contribution < 1.29 is 19.5 Å². The lowest BCUT2D eigenvalue weighted by Gasteiger charge is -2.29. The number of thioether (sulfide) groups is 1. The van der Waals surface area contributed by atoms with Crippen LogP contribution in [0.2, 0.25) is 5.02 Å². The van der Waals surface area contributed by atoms with Gasteiger partial charge in [-0.05, 0) is 70.1 Å². The monoisotopic (exact) mass is 554 g/mol. The van der Waals surface area contributed by atoms with Gasteiger partial charge >= 0.3 is 0 Å². The molecule has 4 rings (SSSR count). The molecule has 2 aliphatic rings. The molecule has 1 N–H and O–H groups in total. The largest absolute Gasteiger partial charge is 0.506 e. The van der Waals surface area contributed by atoms with Gasteiger partial charge in [0.25, 0.3) is 11.1 Å². The van der Waals surface area contributed by atoms with Gasteiger partial charge in [-0.1, -0.05) is 35.9 Å².